The van der Waals surface area contributed by atoms with Crippen LogP contribution in [0.15, 0.2) is 46.9 Å². The molecular formula is C14H12BrN5. The van der Waals surface area contributed by atoms with E-state index in [2.05, 4.69) is 31.5 Å². The summed E-state index contributed by atoms with van der Waals surface area (Å²) in [4.78, 5) is 0. The Morgan fingerprint density at radius 3 is 2.60 bits per heavy atom. The Bertz CT molecular complexity index is 749. The van der Waals surface area contributed by atoms with Gasteiger partial charge in [0.05, 0.1) is 10.2 Å². The summed E-state index contributed by atoms with van der Waals surface area (Å²) in [7, 11) is 0. The summed E-state index contributed by atoms with van der Waals surface area (Å²) in [5, 5.41) is 11.9. The van der Waals surface area contributed by atoms with Crippen LogP contribution in [0.3, 0.4) is 0 Å². The Morgan fingerprint density at radius 1 is 1.10 bits per heavy atom. The number of nitrogens with two attached hydrogens (primary N) is 1. The lowest BCUT2D eigenvalue weighted by molar-refractivity contribution is 0.791. The van der Waals surface area contributed by atoms with Crippen molar-refractivity contribution in [1.29, 1.82) is 0 Å². The Balaban J connectivity index is 2.15. The smallest absolute Gasteiger partial charge is 0.188 e. The number of nitrogen functional groups attached to an aromatic ring is 1. The first kappa shape index (κ1) is 12.8. The van der Waals surface area contributed by atoms with Crippen LogP contribution in [-0.4, -0.2) is 20.2 Å². The third kappa shape index (κ3) is 2.18. The summed E-state index contributed by atoms with van der Waals surface area (Å²) < 4.78 is 2.49. The van der Waals surface area contributed by atoms with Gasteiger partial charge in [0.25, 0.3) is 0 Å². The van der Waals surface area contributed by atoms with Gasteiger partial charge in [-0.2, -0.15) is 4.68 Å². The molecule has 0 atom stereocenters. The van der Waals surface area contributed by atoms with Crippen LogP contribution in [-0.2, 0) is 0 Å². The normalized spacial score (nSPS) is 10.7. The van der Waals surface area contributed by atoms with Gasteiger partial charge in [-0.1, -0.05) is 23.8 Å². The maximum absolute atomic E-state index is 5.91. The fourth-order valence-corrected chi connectivity index (χ4v) is 2.38. The summed E-state index contributed by atoms with van der Waals surface area (Å²) in [6, 6.07) is 13.6. The van der Waals surface area contributed by atoms with Crippen LogP contribution in [0.5, 0.6) is 0 Å². The van der Waals surface area contributed by atoms with Crippen molar-refractivity contribution in [3.05, 3.63) is 52.5 Å². The molecule has 3 rings (SSSR count). The second kappa shape index (κ2) is 5.05. The standard InChI is InChI=1S/C14H12BrN5/c1-9-5-7-10(8-6-9)20-14(17-18-19-20)11-3-2-4-12(16)13(11)15/h2-8H,16H2,1H3. The molecule has 0 aliphatic heterocycles. The van der Waals surface area contributed by atoms with E-state index in [4.69, 9.17) is 5.73 Å². The van der Waals surface area contributed by atoms with Crippen molar-refractivity contribution >= 4 is 21.6 Å². The first-order valence-corrected chi connectivity index (χ1v) is 6.86. The highest BCUT2D eigenvalue weighted by molar-refractivity contribution is 9.10. The van der Waals surface area contributed by atoms with E-state index in [-0.39, 0.29) is 0 Å². The Labute approximate surface area is 124 Å². The van der Waals surface area contributed by atoms with Gasteiger partial charge in [-0.25, -0.2) is 0 Å². The van der Waals surface area contributed by atoms with Crippen LogP contribution in [0, 0.1) is 6.92 Å². The van der Waals surface area contributed by atoms with Crippen LogP contribution >= 0.6 is 15.9 Å². The zero-order valence-corrected chi connectivity index (χ0v) is 12.4. The minimum absolute atomic E-state index is 0.646. The number of halogens is 1. The van der Waals surface area contributed by atoms with Gasteiger partial charge in [0.15, 0.2) is 5.82 Å². The number of rotatable bonds is 2. The molecule has 1 heterocycles. The molecule has 0 aliphatic rings. The van der Waals surface area contributed by atoms with E-state index in [1.807, 2.05) is 49.4 Å². The highest BCUT2D eigenvalue weighted by Crippen LogP contribution is 2.31. The first-order valence-electron chi connectivity index (χ1n) is 6.06. The van der Waals surface area contributed by atoms with Gasteiger partial charge in [-0.15, -0.1) is 5.10 Å². The average molecular weight is 330 g/mol. The van der Waals surface area contributed by atoms with Gasteiger partial charge < -0.3 is 5.73 Å². The fourth-order valence-electron chi connectivity index (χ4n) is 1.94. The van der Waals surface area contributed by atoms with E-state index in [1.165, 1.54) is 5.56 Å². The van der Waals surface area contributed by atoms with Crippen LogP contribution < -0.4 is 5.73 Å². The molecule has 5 nitrogen and oxygen atoms in total. The van der Waals surface area contributed by atoms with Crippen molar-refractivity contribution < 1.29 is 0 Å². The molecule has 1 aromatic heterocycles. The molecule has 100 valence electrons. The van der Waals surface area contributed by atoms with Crippen molar-refractivity contribution in [3.63, 3.8) is 0 Å². The van der Waals surface area contributed by atoms with Crippen LogP contribution in [0.25, 0.3) is 17.1 Å². The van der Waals surface area contributed by atoms with Gasteiger partial charge in [0.1, 0.15) is 0 Å². The largest absolute Gasteiger partial charge is 0.398 e. The highest BCUT2D eigenvalue weighted by atomic mass is 79.9. The molecule has 0 saturated carbocycles. The molecular weight excluding hydrogens is 318 g/mol. The quantitative estimate of drug-likeness (QED) is 0.734. The van der Waals surface area contributed by atoms with E-state index >= 15 is 0 Å². The molecule has 0 aliphatic carbocycles. The lowest BCUT2D eigenvalue weighted by atomic mass is 10.2. The first-order chi connectivity index (χ1) is 9.66. The van der Waals surface area contributed by atoms with E-state index in [9.17, 15) is 0 Å². The van der Waals surface area contributed by atoms with Gasteiger partial charge in [0, 0.05) is 11.3 Å². The lowest BCUT2D eigenvalue weighted by Crippen LogP contribution is -2.01. The van der Waals surface area contributed by atoms with Crippen molar-refractivity contribution in [3.8, 4) is 17.1 Å². The molecule has 0 fully saturated rings. The van der Waals surface area contributed by atoms with Crippen molar-refractivity contribution in [2.75, 3.05) is 5.73 Å². The second-order valence-electron chi connectivity index (χ2n) is 4.46. The topological polar surface area (TPSA) is 69.6 Å². The van der Waals surface area contributed by atoms with E-state index < -0.39 is 0 Å². The average Bonchev–Trinajstić information content (AvgIpc) is 2.92. The minimum atomic E-state index is 0.646. The van der Waals surface area contributed by atoms with Gasteiger partial charge in [-0.3, -0.25) is 0 Å². The SMILES string of the molecule is Cc1ccc(-n2nnnc2-c2cccc(N)c2Br)cc1. The molecule has 2 N–H and O–H groups in total. The second-order valence-corrected chi connectivity index (χ2v) is 5.25. The van der Waals surface area contributed by atoms with Crippen LogP contribution in [0.1, 0.15) is 5.56 Å². The van der Waals surface area contributed by atoms with Gasteiger partial charge in [0.2, 0.25) is 0 Å². The number of hydrogen-bond acceptors (Lipinski definition) is 4. The van der Waals surface area contributed by atoms with Crippen LogP contribution in [0.4, 0.5) is 5.69 Å². The maximum Gasteiger partial charge on any atom is 0.188 e. The summed E-state index contributed by atoms with van der Waals surface area (Å²) in [6.07, 6.45) is 0. The Morgan fingerprint density at radius 2 is 1.85 bits per heavy atom. The van der Waals surface area contributed by atoms with Crippen molar-refractivity contribution in [1.82, 2.24) is 20.2 Å². The van der Waals surface area contributed by atoms with Crippen molar-refractivity contribution in [2.24, 2.45) is 0 Å². The number of aryl methyl sites for hydroxylation is 1. The Kier molecular flexibility index (Phi) is 3.23. The monoisotopic (exact) mass is 329 g/mol. The zero-order chi connectivity index (χ0) is 14.1. The van der Waals surface area contributed by atoms with E-state index in [0.29, 0.717) is 11.5 Å². The third-order valence-electron chi connectivity index (χ3n) is 3.02. The van der Waals surface area contributed by atoms with Gasteiger partial charge >= 0.3 is 0 Å². The summed E-state index contributed by atoms with van der Waals surface area (Å²) in [5.74, 6) is 0.646. The predicted molar refractivity (Wildman–Crippen MR) is 81.4 cm³/mol. The predicted octanol–water partition coefficient (Wildman–Crippen LogP) is 2.98. The van der Waals surface area contributed by atoms with E-state index in [1.54, 1.807) is 4.68 Å². The number of hydrogen-bond donors (Lipinski definition) is 1. The highest BCUT2D eigenvalue weighted by Gasteiger charge is 2.14. The molecule has 0 bridgehead atoms. The number of aromatic nitrogens is 4. The summed E-state index contributed by atoms with van der Waals surface area (Å²) in [5.41, 5.74) is 9.52. The lowest BCUT2D eigenvalue weighted by Gasteiger charge is -2.08. The molecule has 0 radical (unpaired) electrons. The Hall–Kier alpha value is -2.21. The number of anilines is 1. The minimum Gasteiger partial charge on any atom is -0.398 e. The molecule has 0 spiro atoms. The number of nitrogens with zero attached hydrogens (tertiary/aromatic N) is 4. The third-order valence-corrected chi connectivity index (χ3v) is 3.90. The fraction of sp³-hybridized carbons (Fsp3) is 0.0714. The number of tetrazole rings is 1. The molecule has 6 heteroatoms. The van der Waals surface area contributed by atoms with E-state index in [0.717, 1.165) is 15.7 Å². The maximum atomic E-state index is 5.91. The van der Waals surface area contributed by atoms with Crippen LogP contribution in [0.2, 0.25) is 0 Å². The zero-order valence-electron chi connectivity index (χ0n) is 10.8. The molecule has 2 aromatic carbocycles. The van der Waals surface area contributed by atoms with Crippen molar-refractivity contribution in [2.45, 2.75) is 6.92 Å². The molecule has 0 saturated heterocycles. The summed E-state index contributed by atoms with van der Waals surface area (Å²) >= 11 is 3.49. The molecule has 0 amide bonds. The molecule has 0 unspecified atom stereocenters. The van der Waals surface area contributed by atoms with Gasteiger partial charge in [-0.05, 0) is 57.5 Å². The molecule has 20 heavy (non-hydrogen) atoms. The molecule has 3 aromatic rings. The number of benzene rings is 2. The summed E-state index contributed by atoms with van der Waals surface area (Å²) in [6.45, 7) is 2.04.